The van der Waals surface area contributed by atoms with Crippen LogP contribution >= 0.6 is 0 Å². The molecule has 2 fully saturated rings. The Balaban J connectivity index is 0.00000171. The molecular weight excluding hydrogens is 342 g/mol. The van der Waals surface area contributed by atoms with E-state index in [4.69, 9.17) is 4.74 Å². The van der Waals surface area contributed by atoms with Crippen molar-refractivity contribution in [2.45, 2.75) is 18.9 Å². The van der Waals surface area contributed by atoms with Gasteiger partial charge in [-0.3, -0.25) is 0 Å². The minimum absolute atomic E-state index is 0. The molecule has 1 saturated carbocycles. The quantitative estimate of drug-likeness (QED) is 0.602. The number of ether oxygens (including phenoxy) is 1. The molecule has 1 N–H and O–H groups in total. The van der Waals surface area contributed by atoms with E-state index in [1.54, 1.807) is 4.68 Å². The van der Waals surface area contributed by atoms with Crippen molar-refractivity contribution in [3.05, 3.63) is 36.7 Å². The molecule has 1 aliphatic carbocycles. The number of anilines is 1. The predicted octanol–water partition coefficient (Wildman–Crippen LogP) is 2.51. The summed E-state index contributed by atoms with van der Waals surface area (Å²) in [6.07, 6.45) is 6.15. The molecule has 0 unspecified atom stereocenters. The van der Waals surface area contributed by atoms with Crippen LogP contribution in [0.15, 0.2) is 36.7 Å². The van der Waals surface area contributed by atoms with Gasteiger partial charge in [0.05, 0.1) is 30.4 Å². The Morgan fingerprint density at radius 1 is 1.22 bits per heavy atom. The van der Waals surface area contributed by atoms with E-state index in [2.05, 4.69) is 43.9 Å². The van der Waals surface area contributed by atoms with Crippen LogP contribution in [0.25, 0.3) is 27.7 Å². The minimum atomic E-state index is 0. The molecule has 1 spiro atoms. The zero-order valence-electron chi connectivity index (χ0n) is 15.0. The van der Waals surface area contributed by atoms with Crippen molar-refractivity contribution in [3.63, 3.8) is 0 Å². The Labute approximate surface area is 156 Å². The lowest BCUT2D eigenvalue weighted by atomic mass is 9.64. The largest absolute Gasteiger partial charge is 0.380 e. The first-order valence-electron chi connectivity index (χ1n) is 9.18. The first-order valence-corrected chi connectivity index (χ1v) is 9.18. The Hall–Kier alpha value is -3.00. The number of aryl methyl sites for hydroxylation is 1. The average Bonchev–Trinajstić information content (AvgIpc) is 3.19. The fourth-order valence-electron chi connectivity index (χ4n) is 4.31. The number of nitrogens with one attached hydrogen (secondary N) is 1. The third kappa shape index (κ3) is 2.26. The van der Waals surface area contributed by atoms with E-state index in [1.165, 1.54) is 0 Å². The molecule has 1 saturated heterocycles. The SMILES string of the molecule is Cn1nnc2ccc(-c3ccn4nc(NC5CC6(COC6)C5)ncc34)cc21.[HH]. The Bertz CT molecular complexity index is 1170. The van der Waals surface area contributed by atoms with E-state index in [-0.39, 0.29) is 1.43 Å². The standard InChI is InChI=1S/C19H19N7O.H2/c1-25-16-6-12(2-3-15(16)22-24-25)14-4-5-26-17(14)9-20-18(23-26)21-13-7-19(8-13)10-27-11-19;/h2-6,9,13H,7-8,10-11H2,1H3,(H,21,23);1H. The first-order chi connectivity index (χ1) is 13.2. The summed E-state index contributed by atoms with van der Waals surface area (Å²) in [7, 11) is 1.90. The van der Waals surface area contributed by atoms with Crippen molar-refractivity contribution in [2.75, 3.05) is 18.5 Å². The molecule has 1 aliphatic heterocycles. The van der Waals surface area contributed by atoms with Crippen LogP contribution in [0.4, 0.5) is 5.95 Å². The molecule has 6 rings (SSSR count). The predicted molar refractivity (Wildman–Crippen MR) is 103 cm³/mol. The molecular formula is C19H21N7O. The summed E-state index contributed by atoms with van der Waals surface area (Å²) in [5, 5.41) is 16.3. The van der Waals surface area contributed by atoms with Crippen LogP contribution in [0.1, 0.15) is 14.3 Å². The summed E-state index contributed by atoms with van der Waals surface area (Å²) in [5.74, 6) is 0.677. The average molecular weight is 363 g/mol. The summed E-state index contributed by atoms with van der Waals surface area (Å²) in [6.45, 7) is 1.81. The van der Waals surface area contributed by atoms with Crippen LogP contribution in [0.5, 0.6) is 0 Å². The van der Waals surface area contributed by atoms with Crippen molar-refractivity contribution in [1.82, 2.24) is 29.6 Å². The third-order valence-electron chi connectivity index (χ3n) is 5.85. The van der Waals surface area contributed by atoms with Gasteiger partial charge in [-0.2, -0.15) is 0 Å². The zero-order valence-corrected chi connectivity index (χ0v) is 15.0. The van der Waals surface area contributed by atoms with Gasteiger partial charge < -0.3 is 10.1 Å². The van der Waals surface area contributed by atoms with E-state index >= 15 is 0 Å². The number of hydrogen-bond acceptors (Lipinski definition) is 6. The molecule has 1 aromatic carbocycles. The van der Waals surface area contributed by atoms with Gasteiger partial charge in [0, 0.05) is 31.7 Å². The van der Waals surface area contributed by atoms with Gasteiger partial charge >= 0.3 is 0 Å². The molecule has 8 nitrogen and oxygen atoms in total. The summed E-state index contributed by atoms with van der Waals surface area (Å²) in [6, 6.07) is 8.68. The number of nitrogens with zero attached hydrogens (tertiary/aromatic N) is 6. The second kappa shape index (κ2) is 5.26. The lowest BCUT2D eigenvalue weighted by Gasteiger charge is -2.53. The molecule has 0 atom stereocenters. The van der Waals surface area contributed by atoms with E-state index in [0.29, 0.717) is 17.4 Å². The molecule has 27 heavy (non-hydrogen) atoms. The highest BCUT2D eigenvalue weighted by Gasteiger charge is 2.49. The summed E-state index contributed by atoms with van der Waals surface area (Å²) in [5.41, 5.74) is 5.51. The Morgan fingerprint density at radius 2 is 2.11 bits per heavy atom. The smallest absolute Gasteiger partial charge is 0.241 e. The van der Waals surface area contributed by atoms with Crippen molar-refractivity contribution in [2.24, 2.45) is 12.5 Å². The molecule has 3 aromatic heterocycles. The highest BCUT2D eigenvalue weighted by molar-refractivity contribution is 5.87. The van der Waals surface area contributed by atoms with E-state index in [9.17, 15) is 0 Å². The molecule has 0 bridgehead atoms. The van der Waals surface area contributed by atoms with Gasteiger partial charge in [0.25, 0.3) is 0 Å². The van der Waals surface area contributed by atoms with Crippen molar-refractivity contribution in [1.29, 1.82) is 0 Å². The van der Waals surface area contributed by atoms with Crippen LogP contribution < -0.4 is 5.32 Å². The van der Waals surface area contributed by atoms with Crippen LogP contribution in [0.2, 0.25) is 0 Å². The topological polar surface area (TPSA) is 82.2 Å². The highest BCUT2D eigenvalue weighted by atomic mass is 16.5. The fraction of sp³-hybridized carbons (Fsp3) is 0.368. The Morgan fingerprint density at radius 3 is 2.93 bits per heavy atom. The van der Waals surface area contributed by atoms with Gasteiger partial charge in [-0.1, -0.05) is 11.3 Å². The Kier molecular flexibility index (Phi) is 2.94. The normalized spacial score (nSPS) is 18.7. The number of fused-ring (bicyclic) bond motifs is 2. The van der Waals surface area contributed by atoms with Crippen molar-refractivity contribution < 1.29 is 6.16 Å². The maximum Gasteiger partial charge on any atom is 0.241 e. The van der Waals surface area contributed by atoms with Crippen LogP contribution in [-0.2, 0) is 11.8 Å². The molecule has 0 amide bonds. The molecule has 4 aromatic rings. The summed E-state index contributed by atoms with van der Waals surface area (Å²) >= 11 is 0. The van der Waals surface area contributed by atoms with Crippen LogP contribution in [-0.4, -0.2) is 48.8 Å². The van der Waals surface area contributed by atoms with E-state index in [1.807, 2.05) is 30.0 Å². The maximum absolute atomic E-state index is 5.34. The second-order valence-electron chi connectivity index (χ2n) is 7.80. The van der Waals surface area contributed by atoms with Crippen molar-refractivity contribution >= 4 is 22.5 Å². The second-order valence-corrected chi connectivity index (χ2v) is 7.80. The molecule has 138 valence electrons. The number of aromatic nitrogens is 6. The van der Waals surface area contributed by atoms with Crippen molar-refractivity contribution in [3.8, 4) is 11.1 Å². The number of benzene rings is 1. The van der Waals surface area contributed by atoms with E-state index in [0.717, 1.165) is 53.7 Å². The van der Waals surface area contributed by atoms with Gasteiger partial charge in [0.1, 0.15) is 5.52 Å². The molecule has 8 heteroatoms. The molecule has 0 radical (unpaired) electrons. The van der Waals surface area contributed by atoms with E-state index < -0.39 is 0 Å². The monoisotopic (exact) mass is 363 g/mol. The van der Waals surface area contributed by atoms with Crippen LogP contribution in [0.3, 0.4) is 0 Å². The molecule has 2 aliphatic rings. The summed E-state index contributed by atoms with van der Waals surface area (Å²) < 4.78 is 9.01. The lowest BCUT2D eigenvalue weighted by Crippen LogP contribution is -2.56. The van der Waals surface area contributed by atoms with Gasteiger partial charge in [0.15, 0.2) is 0 Å². The molecule has 4 heterocycles. The zero-order chi connectivity index (χ0) is 18.0. The van der Waals surface area contributed by atoms with Gasteiger partial charge in [-0.05, 0) is 36.6 Å². The summed E-state index contributed by atoms with van der Waals surface area (Å²) in [4.78, 5) is 4.54. The number of rotatable bonds is 3. The van der Waals surface area contributed by atoms with Gasteiger partial charge in [-0.15, -0.1) is 10.2 Å². The first kappa shape index (κ1) is 15.1. The van der Waals surface area contributed by atoms with Gasteiger partial charge in [-0.25, -0.2) is 14.2 Å². The maximum atomic E-state index is 5.34. The third-order valence-corrected chi connectivity index (χ3v) is 5.85. The highest BCUT2D eigenvalue weighted by Crippen LogP contribution is 2.47. The minimum Gasteiger partial charge on any atom is -0.380 e. The lowest BCUT2D eigenvalue weighted by molar-refractivity contribution is -0.160. The van der Waals surface area contributed by atoms with Gasteiger partial charge in [0.2, 0.25) is 5.95 Å². The number of hydrogen-bond donors (Lipinski definition) is 1. The fourth-order valence-corrected chi connectivity index (χ4v) is 4.31. The van der Waals surface area contributed by atoms with Crippen LogP contribution in [0, 0.1) is 5.41 Å².